The molecular formula is C13H18N4OS. The number of hydrogen-bond donors (Lipinski definition) is 1. The lowest BCUT2D eigenvalue weighted by molar-refractivity contribution is 0.133. The van der Waals surface area contributed by atoms with E-state index >= 15 is 0 Å². The van der Waals surface area contributed by atoms with Gasteiger partial charge in [-0.15, -0.1) is 0 Å². The van der Waals surface area contributed by atoms with Crippen LogP contribution in [0.3, 0.4) is 0 Å². The van der Waals surface area contributed by atoms with Crippen molar-refractivity contribution in [2.75, 3.05) is 13.7 Å². The molecular weight excluding hydrogens is 260 g/mol. The molecule has 0 aromatic carbocycles. The van der Waals surface area contributed by atoms with Crippen molar-refractivity contribution in [3.63, 3.8) is 0 Å². The fourth-order valence-electron chi connectivity index (χ4n) is 2.02. The molecule has 1 unspecified atom stereocenters. The van der Waals surface area contributed by atoms with Gasteiger partial charge in [-0.25, -0.2) is 0 Å². The molecule has 5 nitrogen and oxygen atoms in total. The summed E-state index contributed by atoms with van der Waals surface area (Å²) in [6.45, 7) is 4.87. The first-order valence-electron chi connectivity index (χ1n) is 6.22. The van der Waals surface area contributed by atoms with Gasteiger partial charge in [-0.1, -0.05) is 19.9 Å². The van der Waals surface area contributed by atoms with E-state index in [9.17, 15) is 0 Å². The van der Waals surface area contributed by atoms with Gasteiger partial charge in [-0.3, -0.25) is 14.6 Å². The minimum Gasteiger partial charge on any atom is -0.383 e. The summed E-state index contributed by atoms with van der Waals surface area (Å²) in [5.41, 5.74) is 0.802. The Morgan fingerprint density at radius 3 is 2.79 bits per heavy atom. The Bertz CT molecular complexity index is 576. The lowest BCUT2D eigenvalue weighted by Crippen LogP contribution is -2.21. The Hall–Kier alpha value is -1.53. The maximum atomic E-state index is 5.34. The maximum Gasteiger partial charge on any atom is 0.195 e. The highest BCUT2D eigenvalue weighted by Crippen LogP contribution is 2.24. The van der Waals surface area contributed by atoms with Crippen LogP contribution >= 0.6 is 12.2 Å². The Labute approximate surface area is 117 Å². The third-order valence-electron chi connectivity index (χ3n) is 3.04. The normalized spacial score (nSPS) is 12.8. The van der Waals surface area contributed by atoms with Gasteiger partial charge in [0.25, 0.3) is 0 Å². The van der Waals surface area contributed by atoms with E-state index in [1.165, 1.54) is 0 Å². The SMILES string of the molecule is COCC(C(C)C)n1c(-c2ccccn2)n[nH]c1=S. The van der Waals surface area contributed by atoms with Crippen LogP contribution in [0.25, 0.3) is 11.5 Å². The first-order valence-corrected chi connectivity index (χ1v) is 6.63. The van der Waals surface area contributed by atoms with E-state index in [0.717, 1.165) is 11.5 Å². The van der Waals surface area contributed by atoms with Crippen LogP contribution in [0.4, 0.5) is 0 Å². The predicted octanol–water partition coefficient (Wildman–Crippen LogP) is 2.85. The van der Waals surface area contributed by atoms with Crippen molar-refractivity contribution in [3.8, 4) is 11.5 Å². The molecule has 0 bridgehead atoms. The number of H-pyrrole nitrogens is 1. The monoisotopic (exact) mass is 278 g/mol. The van der Waals surface area contributed by atoms with Crippen LogP contribution in [0.1, 0.15) is 19.9 Å². The number of nitrogens with zero attached hydrogens (tertiary/aromatic N) is 3. The number of rotatable bonds is 5. The standard InChI is InChI=1S/C13H18N4OS/c1-9(2)11(8-18-3)17-12(15-16-13(17)19)10-6-4-5-7-14-10/h4-7,9,11H,8H2,1-3H3,(H,16,19). The minimum absolute atomic E-state index is 0.133. The van der Waals surface area contributed by atoms with Crippen molar-refractivity contribution < 1.29 is 4.74 Å². The summed E-state index contributed by atoms with van der Waals surface area (Å²) in [4.78, 5) is 4.33. The van der Waals surface area contributed by atoms with Crippen molar-refractivity contribution in [2.45, 2.75) is 19.9 Å². The van der Waals surface area contributed by atoms with Crippen LogP contribution in [-0.2, 0) is 4.74 Å². The third kappa shape index (κ3) is 2.90. The Morgan fingerprint density at radius 2 is 2.21 bits per heavy atom. The molecule has 1 N–H and O–H groups in total. The zero-order valence-electron chi connectivity index (χ0n) is 11.3. The summed E-state index contributed by atoms with van der Waals surface area (Å²) in [7, 11) is 1.69. The molecule has 2 aromatic rings. The largest absolute Gasteiger partial charge is 0.383 e. The minimum atomic E-state index is 0.133. The predicted molar refractivity (Wildman–Crippen MR) is 76.4 cm³/mol. The number of aromatic amines is 1. The molecule has 2 rings (SSSR count). The fraction of sp³-hybridized carbons (Fsp3) is 0.462. The summed E-state index contributed by atoms with van der Waals surface area (Å²) >= 11 is 5.34. The molecule has 0 radical (unpaired) electrons. The lowest BCUT2D eigenvalue weighted by atomic mass is 10.1. The number of ether oxygens (including phenoxy) is 1. The summed E-state index contributed by atoms with van der Waals surface area (Å²) in [5, 5.41) is 7.15. The van der Waals surface area contributed by atoms with Crippen LogP contribution < -0.4 is 0 Å². The second-order valence-corrected chi connectivity index (χ2v) is 5.09. The number of pyridine rings is 1. The Kier molecular flexibility index (Phi) is 4.44. The van der Waals surface area contributed by atoms with Gasteiger partial charge >= 0.3 is 0 Å². The highest BCUT2D eigenvalue weighted by Gasteiger charge is 2.21. The van der Waals surface area contributed by atoms with E-state index in [1.54, 1.807) is 13.3 Å². The molecule has 0 fully saturated rings. The van der Waals surface area contributed by atoms with Gasteiger partial charge < -0.3 is 4.74 Å². The summed E-state index contributed by atoms with van der Waals surface area (Å²) in [5.74, 6) is 1.13. The van der Waals surface area contributed by atoms with Crippen molar-refractivity contribution in [1.29, 1.82) is 0 Å². The van der Waals surface area contributed by atoms with Gasteiger partial charge in [-0.2, -0.15) is 5.10 Å². The molecule has 0 saturated heterocycles. The number of nitrogens with one attached hydrogen (secondary N) is 1. The van der Waals surface area contributed by atoms with E-state index in [0.29, 0.717) is 17.3 Å². The van der Waals surface area contributed by atoms with Gasteiger partial charge in [0.05, 0.1) is 12.6 Å². The number of aromatic nitrogens is 4. The maximum absolute atomic E-state index is 5.34. The molecule has 0 spiro atoms. The van der Waals surface area contributed by atoms with Crippen molar-refractivity contribution >= 4 is 12.2 Å². The summed E-state index contributed by atoms with van der Waals surface area (Å²) in [6, 6.07) is 5.87. The van der Waals surface area contributed by atoms with E-state index < -0.39 is 0 Å². The molecule has 102 valence electrons. The van der Waals surface area contributed by atoms with Crippen molar-refractivity contribution in [1.82, 2.24) is 19.7 Å². The zero-order valence-corrected chi connectivity index (χ0v) is 12.1. The van der Waals surface area contributed by atoms with Gasteiger partial charge in [0, 0.05) is 13.3 Å². The molecule has 19 heavy (non-hydrogen) atoms. The second-order valence-electron chi connectivity index (χ2n) is 4.70. The van der Waals surface area contributed by atoms with Crippen molar-refractivity contribution in [3.05, 3.63) is 29.2 Å². The average molecular weight is 278 g/mol. The molecule has 0 aliphatic heterocycles. The smallest absolute Gasteiger partial charge is 0.195 e. The number of hydrogen-bond acceptors (Lipinski definition) is 4. The molecule has 0 aliphatic carbocycles. The van der Waals surface area contributed by atoms with Gasteiger partial charge in [0.2, 0.25) is 0 Å². The Balaban J connectivity index is 2.51. The van der Waals surface area contributed by atoms with E-state index in [4.69, 9.17) is 17.0 Å². The van der Waals surface area contributed by atoms with Crippen LogP contribution in [-0.4, -0.2) is 33.5 Å². The van der Waals surface area contributed by atoms with E-state index in [1.807, 2.05) is 22.8 Å². The topological polar surface area (TPSA) is 55.7 Å². The van der Waals surface area contributed by atoms with Crippen molar-refractivity contribution in [2.24, 2.45) is 5.92 Å². The zero-order chi connectivity index (χ0) is 13.8. The highest BCUT2D eigenvalue weighted by atomic mass is 32.1. The van der Waals surface area contributed by atoms with Gasteiger partial charge in [-0.05, 0) is 30.3 Å². The molecule has 6 heteroatoms. The fourth-order valence-corrected chi connectivity index (χ4v) is 2.29. The molecule has 0 amide bonds. The van der Waals surface area contributed by atoms with Crippen LogP contribution in [0.15, 0.2) is 24.4 Å². The molecule has 2 aromatic heterocycles. The van der Waals surface area contributed by atoms with E-state index in [2.05, 4.69) is 29.0 Å². The highest BCUT2D eigenvalue weighted by molar-refractivity contribution is 7.71. The molecule has 2 heterocycles. The first-order chi connectivity index (χ1) is 9.15. The van der Waals surface area contributed by atoms with Gasteiger partial charge in [0.1, 0.15) is 5.69 Å². The summed E-state index contributed by atoms with van der Waals surface area (Å²) in [6.07, 6.45) is 1.75. The lowest BCUT2D eigenvalue weighted by Gasteiger charge is -2.22. The van der Waals surface area contributed by atoms with Crippen LogP contribution in [0.5, 0.6) is 0 Å². The molecule has 0 saturated carbocycles. The quantitative estimate of drug-likeness (QED) is 0.854. The van der Waals surface area contributed by atoms with E-state index in [-0.39, 0.29) is 6.04 Å². The molecule has 1 atom stereocenters. The average Bonchev–Trinajstić information content (AvgIpc) is 2.78. The Morgan fingerprint density at radius 1 is 1.42 bits per heavy atom. The molecule has 0 aliphatic rings. The second kappa shape index (κ2) is 6.08. The van der Waals surface area contributed by atoms with Gasteiger partial charge in [0.15, 0.2) is 10.6 Å². The van der Waals surface area contributed by atoms with Crippen LogP contribution in [0, 0.1) is 10.7 Å². The summed E-state index contributed by atoms with van der Waals surface area (Å²) < 4.78 is 7.89. The first kappa shape index (κ1) is 13.9. The number of methoxy groups -OCH3 is 1. The van der Waals surface area contributed by atoms with Crippen LogP contribution in [0.2, 0.25) is 0 Å². The third-order valence-corrected chi connectivity index (χ3v) is 3.33.